The third kappa shape index (κ3) is 4.51. The van der Waals surface area contributed by atoms with Crippen LogP contribution in [0.1, 0.15) is 24.7 Å². The molecule has 0 radical (unpaired) electrons. The molecule has 3 rings (SSSR count). The highest BCUT2D eigenvalue weighted by Gasteiger charge is 2.21. The molecule has 1 N–H and O–H groups in total. The Kier molecular flexibility index (Phi) is 5.55. The monoisotopic (exact) mass is 356 g/mol. The van der Waals surface area contributed by atoms with E-state index in [4.69, 9.17) is 4.52 Å². The van der Waals surface area contributed by atoms with Crippen molar-refractivity contribution in [2.75, 3.05) is 5.32 Å². The van der Waals surface area contributed by atoms with Crippen molar-refractivity contribution in [3.05, 3.63) is 60.1 Å². The highest BCUT2D eigenvalue weighted by atomic mass is 32.2. The average molecular weight is 356 g/mol. The summed E-state index contributed by atoms with van der Waals surface area (Å²) in [4.78, 5) is 16.9. The molecular formula is C18H20N4O2S. The Hall–Kier alpha value is -2.54. The molecule has 6 nitrogen and oxygen atoms in total. The summed E-state index contributed by atoms with van der Waals surface area (Å²) in [5, 5.41) is 7.17. The molecule has 1 amide bonds. The Labute approximate surface area is 150 Å². The van der Waals surface area contributed by atoms with Crippen LogP contribution in [0.3, 0.4) is 0 Å². The predicted octanol–water partition coefficient (Wildman–Crippen LogP) is 3.74. The largest absolute Gasteiger partial charge is 0.360 e. The zero-order valence-electron chi connectivity index (χ0n) is 14.2. The van der Waals surface area contributed by atoms with E-state index in [9.17, 15) is 4.79 Å². The van der Waals surface area contributed by atoms with Crippen LogP contribution in [0.4, 0.5) is 5.82 Å². The Balaban J connectivity index is 1.67. The number of aromatic nitrogens is 3. The summed E-state index contributed by atoms with van der Waals surface area (Å²) in [6.45, 7) is 4.49. The van der Waals surface area contributed by atoms with E-state index in [1.165, 1.54) is 17.3 Å². The van der Waals surface area contributed by atoms with Gasteiger partial charge in [-0.2, -0.15) is 0 Å². The van der Waals surface area contributed by atoms with Gasteiger partial charge in [-0.15, -0.1) is 0 Å². The molecule has 0 bridgehead atoms. The van der Waals surface area contributed by atoms with Gasteiger partial charge in [0.25, 0.3) is 0 Å². The van der Waals surface area contributed by atoms with Gasteiger partial charge in [-0.05, 0) is 18.9 Å². The Morgan fingerprint density at radius 1 is 1.36 bits per heavy atom. The number of nitrogens with zero attached hydrogens (tertiary/aromatic N) is 3. The molecule has 1 aromatic carbocycles. The number of aryl methyl sites for hydroxylation is 1. The molecule has 2 aromatic heterocycles. The summed E-state index contributed by atoms with van der Waals surface area (Å²) in [7, 11) is 0. The van der Waals surface area contributed by atoms with Crippen LogP contribution < -0.4 is 5.32 Å². The average Bonchev–Trinajstić information content (AvgIpc) is 3.22. The van der Waals surface area contributed by atoms with E-state index in [-0.39, 0.29) is 11.2 Å². The van der Waals surface area contributed by atoms with Gasteiger partial charge in [0, 0.05) is 25.0 Å². The van der Waals surface area contributed by atoms with Gasteiger partial charge in [0.05, 0.1) is 5.25 Å². The number of hydrogen-bond donors (Lipinski definition) is 1. The van der Waals surface area contributed by atoms with E-state index in [2.05, 4.69) is 32.2 Å². The fourth-order valence-corrected chi connectivity index (χ4v) is 3.37. The van der Waals surface area contributed by atoms with Crippen molar-refractivity contribution >= 4 is 23.5 Å². The van der Waals surface area contributed by atoms with E-state index in [0.717, 1.165) is 11.7 Å². The maximum absolute atomic E-state index is 12.5. The quantitative estimate of drug-likeness (QED) is 0.653. The van der Waals surface area contributed by atoms with Gasteiger partial charge < -0.3 is 14.4 Å². The van der Waals surface area contributed by atoms with E-state index >= 15 is 0 Å². The molecule has 7 heteroatoms. The van der Waals surface area contributed by atoms with Crippen molar-refractivity contribution < 1.29 is 9.32 Å². The second kappa shape index (κ2) is 8.02. The second-order valence-electron chi connectivity index (χ2n) is 5.65. The molecule has 0 fully saturated rings. The molecule has 2 heterocycles. The van der Waals surface area contributed by atoms with Crippen LogP contribution in [-0.4, -0.2) is 25.9 Å². The van der Waals surface area contributed by atoms with E-state index in [1.807, 2.05) is 31.3 Å². The fraction of sp³-hybridized carbons (Fsp3) is 0.278. The third-order valence-corrected chi connectivity index (χ3v) is 5.05. The van der Waals surface area contributed by atoms with Crippen LogP contribution >= 0.6 is 11.8 Å². The molecule has 130 valence electrons. The topological polar surface area (TPSA) is 73.0 Å². The summed E-state index contributed by atoms with van der Waals surface area (Å²) in [5.41, 5.74) is 1.19. The third-order valence-electron chi connectivity index (χ3n) is 3.66. The molecule has 0 aliphatic heterocycles. The molecule has 0 saturated heterocycles. The summed E-state index contributed by atoms with van der Waals surface area (Å²) in [6.07, 6.45) is 4.38. The summed E-state index contributed by atoms with van der Waals surface area (Å²) >= 11 is 1.46. The van der Waals surface area contributed by atoms with Gasteiger partial charge >= 0.3 is 0 Å². The van der Waals surface area contributed by atoms with E-state index in [0.29, 0.717) is 18.0 Å². The number of nitrogens with one attached hydrogen (secondary N) is 1. The van der Waals surface area contributed by atoms with Crippen LogP contribution in [0.25, 0.3) is 0 Å². The number of thioether (sulfide) groups is 1. The lowest BCUT2D eigenvalue weighted by Gasteiger charge is -2.14. The molecule has 0 spiro atoms. The van der Waals surface area contributed by atoms with Crippen LogP contribution in [0, 0.1) is 6.92 Å². The molecule has 3 aromatic rings. The Morgan fingerprint density at radius 3 is 2.84 bits per heavy atom. The number of carbonyl (C=O) groups is 1. The first-order valence-electron chi connectivity index (χ1n) is 8.11. The highest BCUT2D eigenvalue weighted by molar-refractivity contribution is 8.00. The number of benzene rings is 1. The van der Waals surface area contributed by atoms with E-state index in [1.54, 1.807) is 19.2 Å². The second-order valence-corrected chi connectivity index (χ2v) is 6.82. The molecular weight excluding hydrogens is 336 g/mol. The zero-order chi connectivity index (χ0) is 17.6. The van der Waals surface area contributed by atoms with Gasteiger partial charge in [0.1, 0.15) is 5.76 Å². The minimum atomic E-state index is -0.256. The summed E-state index contributed by atoms with van der Waals surface area (Å²) in [5.74, 6) is 0.999. The van der Waals surface area contributed by atoms with Gasteiger partial charge in [-0.1, -0.05) is 54.2 Å². The fourth-order valence-electron chi connectivity index (χ4n) is 2.40. The lowest BCUT2D eigenvalue weighted by molar-refractivity contribution is -0.115. The smallest absolute Gasteiger partial charge is 0.239 e. The first-order chi connectivity index (χ1) is 12.2. The maximum atomic E-state index is 12.5. The van der Waals surface area contributed by atoms with E-state index < -0.39 is 0 Å². The summed E-state index contributed by atoms with van der Waals surface area (Å²) < 4.78 is 7.03. The first-order valence-corrected chi connectivity index (χ1v) is 8.99. The maximum Gasteiger partial charge on any atom is 0.239 e. The Morgan fingerprint density at radius 2 is 2.16 bits per heavy atom. The van der Waals surface area contributed by atoms with Gasteiger partial charge in [0.15, 0.2) is 11.0 Å². The van der Waals surface area contributed by atoms with Crippen molar-refractivity contribution in [1.82, 2.24) is 14.7 Å². The molecule has 0 unspecified atom stereocenters. The lowest BCUT2D eigenvalue weighted by atomic mass is 10.2. The van der Waals surface area contributed by atoms with Crippen molar-refractivity contribution in [1.29, 1.82) is 0 Å². The number of carbonyl (C=O) groups excluding carboxylic acids is 1. The highest BCUT2D eigenvalue weighted by Crippen LogP contribution is 2.26. The SMILES string of the molecule is CC[C@H](Sc1nccn1Cc1ccccc1)C(=O)Nc1cc(C)on1. The number of hydrogen-bond acceptors (Lipinski definition) is 5. The van der Waals surface area contributed by atoms with Crippen LogP contribution in [-0.2, 0) is 11.3 Å². The predicted molar refractivity (Wildman–Crippen MR) is 97.6 cm³/mol. The molecule has 0 saturated carbocycles. The van der Waals surface area contributed by atoms with Crippen LogP contribution in [0.15, 0.2) is 58.5 Å². The zero-order valence-corrected chi connectivity index (χ0v) is 15.0. The van der Waals surface area contributed by atoms with Gasteiger partial charge in [-0.3, -0.25) is 4.79 Å². The molecule has 0 aliphatic rings. The standard InChI is InChI=1S/C18H20N4O2S/c1-3-15(17(23)20-16-11-13(2)24-21-16)25-18-19-9-10-22(18)12-14-7-5-4-6-8-14/h4-11,15H,3,12H2,1-2H3,(H,20,21,23)/t15-/m0/s1. The number of amides is 1. The number of imidazole rings is 1. The van der Waals surface area contributed by atoms with Crippen LogP contribution in [0.2, 0.25) is 0 Å². The van der Waals surface area contributed by atoms with Crippen LogP contribution in [0.5, 0.6) is 0 Å². The summed E-state index contributed by atoms with van der Waals surface area (Å²) in [6, 6.07) is 11.9. The minimum absolute atomic E-state index is 0.102. The molecule has 1 atom stereocenters. The number of rotatable bonds is 7. The normalized spacial score (nSPS) is 12.1. The lowest BCUT2D eigenvalue weighted by Crippen LogP contribution is -2.25. The minimum Gasteiger partial charge on any atom is -0.360 e. The Bertz CT molecular complexity index is 828. The van der Waals surface area contributed by atoms with Crippen molar-refractivity contribution in [3.8, 4) is 0 Å². The molecule has 25 heavy (non-hydrogen) atoms. The van der Waals surface area contributed by atoms with Gasteiger partial charge in [-0.25, -0.2) is 4.98 Å². The number of anilines is 1. The first kappa shape index (κ1) is 17.3. The molecule has 0 aliphatic carbocycles. The van der Waals surface area contributed by atoms with Crippen molar-refractivity contribution in [2.24, 2.45) is 0 Å². The van der Waals surface area contributed by atoms with Crippen molar-refractivity contribution in [3.63, 3.8) is 0 Å². The van der Waals surface area contributed by atoms with Gasteiger partial charge in [0.2, 0.25) is 5.91 Å². The van der Waals surface area contributed by atoms with Crippen molar-refractivity contribution in [2.45, 2.75) is 37.2 Å².